The molecule has 0 atom stereocenters. The van der Waals surface area contributed by atoms with E-state index in [9.17, 15) is 0 Å². The number of fused-ring (bicyclic) bond motifs is 2. The van der Waals surface area contributed by atoms with Gasteiger partial charge in [0.15, 0.2) is 17.5 Å². The molecule has 0 radical (unpaired) electrons. The molecule has 0 aliphatic heterocycles. The molecule has 6 aromatic carbocycles. The Hall–Kier alpha value is -6.26. The molecule has 0 aliphatic carbocycles. The van der Waals surface area contributed by atoms with Gasteiger partial charge >= 0.3 is 0 Å². The molecule has 4 heteroatoms. The lowest BCUT2D eigenvalue weighted by Gasteiger charge is -2.13. The monoisotopic (exact) mass is 616 g/mol. The maximum absolute atomic E-state index is 5.06. The molecule has 0 aliphatic rings. The van der Waals surface area contributed by atoms with Crippen molar-refractivity contribution in [2.24, 2.45) is 0 Å². The lowest BCUT2D eigenvalue weighted by atomic mass is 9.93. The Morgan fingerprint density at radius 3 is 1.75 bits per heavy atom. The maximum Gasteiger partial charge on any atom is 0.164 e. The van der Waals surface area contributed by atoms with Crippen molar-refractivity contribution >= 4 is 27.6 Å². The van der Waals surface area contributed by atoms with E-state index in [0.29, 0.717) is 17.5 Å². The first kappa shape index (κ1) is 29.2. The summed E-state index contributed by atoms with van der Waals surface area (Å²) in [5.41, 5.74) is 9.35. The second kappa shape index (κ2) is 12.5. The highest BCUT2D eigenvalue weighted by Crippen LogP contribution is 2.35. The van der Waals surface area contributed by atoms with Crippen LogP contribution in [0.5, 0.6) is 0 Å². The van der Waals surface area contributed by atoms with Gasteiger partial charge in [-0.3, -0.25) is 4.98 Å². The van der Waals surface area contributed by atoms with E-state index in [-0.39, 0.29) is 0 Å². The van der Waals surface area contributed by atoms with E-state index >= 15 is 0 Å². The summed E-state index contributed by atoms with van der Waals surface area (Å²) >= 11 is 0. The van der Waals surface area contributed by atoms with E-state index in [1.54, 1.807) is 0 Å². The van der Waals surface area contributed by atoms with Crippen LogP contribution in [0.1, 0.15) is 18.1 Å². The summed E-state index contributed by atoms with van der Waals surface area (Å²) in [7, 11) is 0. The van der Waals surface area contributed by atoms with Crippen molar-refractivity contribution in [3.8, 4) is 56.5 Å². The Morgan fingerprint density at radius 2 is 1.06 bits per heavy atom. The van der Waals surface area contributed by atoms with E-state index in [1.165, 1.54) is 21.9 Å². The summed E-state index contributed by atoms with van der Waals surface area (Å²) < 4.78 is 0. The van der Waals surface area contributed by atoms with E-state index in [4.69, 9.17) is 19.9 Å². The van der Waals surface area contributed by atoms with Gasteiger partial charge in [0.25, 0.3) is 0 Å². The lowest BCUT2D eigenvalue weighted by Crippen LogP contribution is -2.00. The van der Waals surface area contributed by atoms with Gasteiger partial charge in [0.05, 0.1) is 5.69 Å². The molecule has 228 valence electrons. The molecular formula is C44H32N4. The van der Waals surface area contributed by atoms with Gasteiger partial charge in [-0.15, -0.1) is 0 Å². The quantitative estimate of drug-likeness (QED) is 0.186. The van der Waals surface area contributed by atoms with Gasteiger partial charge in [-0.05, 0) is 82.6 Å². The Bertz CT molecular complexity index is 2410. The van der Waals surface area contributed by atoms with Crippen molar-refractivity contribution in [2.75, 3.05) is 0 Å². The highest BCUT2D eigenvalue weighted by Gasteiger charge is 2.16. The van der Waals surface area contributed by atoms with Gasteiger partial charge in [0, 0.05) is 33.8 Å². The van der Waals surface area contributed by atoms with Gasteiger partial charge in [-0.1, -0.05) is 121 Å². The fourth-order valence-corrected chi connectivity index (χ4v) is 6.28. The van der Waals surface area contributed by atoms with Crippen molar-refractivity contribution in [3.63, 3.8) is 0 Å². The van der Waals surface area contributed by atoms with Crippen LogP contribution in [0.2, 0.25) is 0 Å². The number of rotatable bonds is 6. The zero-order valence-corrected chi connectivity index (χ0v) is 26.8. The summed E-state index contributed by atoms with van der Waals surface area (Å²) in [6.45, 7) is 4.23. The van der Waals surface area contributed by atoms with Gasteiger partial charge < -0.3 is 0 Å². The Kier molecular flexibility index (Phi) is 7.60. The minimum absolute atomic E-state index is 0.610. The van der Waals surface area contributed by atoms with Crippen LogP contribution in [0.3, 0.4) is 0 Å². The van der Waals surface area contributed by atoms with Gasteiger partial charge in [-0.25, -0.2) is 15.0 Å². The molecule has 0 amide bonds. The number of pyridine rings is 1. The van der Waals surface area contributed by atoms with Crippen LogP contribution in [0.15, 0.2) is 152 Å². The van der Waals surface area contributed by atoms with Crippen molar-refractivity contribution in [1.82, 2.24) is 19.9 Å². The van der Waals surface area contributed by atoms with Crippen LogP contribution in [0, 0.1) is 6.92 Å². The highest BCUT2D eigenvalue weighted by atomic mass is 15.0. The van der Waals surface area contributed by atoms with Crippen molar-refractivity contribution in [2.45, 2.75) is 13.8 Å². The number of aromatic nitrogens is 4. The van der Waals surface area contributed by atoms with Crippen molar-refractivity contribution in [3.05, 3.63) is 163 Å². The first-order chi connectivity index (χ1) is 23.6. The first-order valence-electron chi connectivity index (χ1n) is 16.2. The number of hydrogen-bond acceptors (Lipinski definition) is 4. The number of benzene rings is 6. The molecular weight excluding hydrogens is 585 g/mol. The minimum Gasteiger partial charge on any atom is -0.256 e. The second-order valence-electron chi connectivity index (χ2n) is 12.0. The molecule has 48 heavy (non-hydrogen) atoms. The smallest absolute Gasteiger partial charge is 0.164 e. The van der Waals surface area contributed by atoms with E-state index in [0.717, 1.165) is 49.8 Å². The number of aryl methyl sites for hydroxylation is 1. The largest absolute Gasteiger partial charge is 0.256 e. The maximum atomic E-state index is 5.06. The van der Waals surface area contributed by atoms with Crippen LogP contribution in [-0.4, -0.2) is 19.9 Å². The summed E-state index contributed by atoms with van der Waals surface area (Å²) in [5, 5.41) is 4.68. The molecule has 0 unspecified atom stereocenters. The highest BCUT2D eigenvalue weighted by molar-refractivity contribution is 5.95. The zero-order chi connectivity index (χ0) is 32.5. The molecule has 2 aromatic heterocycles. The molecule has 0 saturated heterocycles. The molecule has 0 saturated carbocycles. The SMILES string of the molecule is C/C=C\c1c(C)ccc2cc(-c3cc(-c4cc5ccccc5cn4)cc(-c4nc(-c5ccccc5)nc(-c5ccccc5)n4)c3)ccc12. The van der Waals surface area contributed by atoms with Crippen molar-refractivity contribution < 1.29 is 0 Å². The summed E-state index contributed by atoms with van der Waals surface area (Å²) in [4.78, 5) is 19.9. The number of allylic oxidation sites excluding steroid dienone is 1. The van der Waals surface area contributed by atoms with E-state index in [1.807, 2.05) is 72.9 Å². The molecule has 0 N–H and O–H groups in total. The second-order valence-corrected chi connectivity index (χ2v) is 12.0. The molecule has 0 fully saturated rings. The topological polar surface area (TPSA) is 51.6 Å². The Labute approximate surface area is 280 Å². The third-order valence-corrected chi connectivity index (χ3v) is 8.76. The third-order valence-electron chi connectivity index (χ3n) is 8.76. The minimum atomic E-state index is 0.610. The molecule has 0 spiro atoms. The normalized spacial score (nSPS) is 11.5. The van der Waals surface area contributed by atoms with Crippen LogP contribution < -0.4 is 0 Å². The molecule has 0 bridgehead atoms. The van der Waals surface area contributed by atoms with E-state index in [2.05, 4.69) is 98.8 Å². The van der Waals surface area contributed by atoms with Crippen LogP contribution in [-0.2, 0) is 0 Å². The Balaban J connectivity index is 1.36. The lowest BCUT2D eigenvalue weighted by molar-refractivity contribution is 1.07. The zero-order valence-electron chi connectivity index (χ0n) is 26.8. The molecule has 4 nitrogen and oxygen atoms in total. The Morgan fingerprint density at radius 1 is 0.458 bits per heavy atom. The number of nitrogens with zero attached hydrogens (tertiary/aromatic N) is 4. The van der Waals surface area contributed by atoms with Crippen molar-refractivity contribution in [1.29, 1.82) is 0 Å². The predicted molar refractivity (Wildman–Crippen MR) is 199 cm³/mol. The third kappa shape index (κ3) is 5.65. The van der Waals surface area contributed by atoms with Gasteiger partial charge in [-0.2, -0.15) is 0 Å². The fourth-order valence-electron chi connectivity index (χ4n) is 6.28. The molecule has 2 heterocycles. The van der Waals surface area contributed by atoms with Crippen LogP contribution >= 0.6 is 0 Å². The molecule has 8 rings (SSSR count). The molecule has 8 aromatic rings. The summed E-state index contributed by atoms with van der Waals surface area (Å²) in [6.07, 6.45) is 6.24. The van der Waals surface area contributed by atoms with Crippen LogP contribution in [0.4, 0.5) is 0 Å². The first-order valence-corrected chi connectivity index (χ1v) is 16.2. The van der Waals surface area contributed by atoms with Gasteiger partial charge in [0.1, 0.15) is 0 Å². The standard InChI is InChI=1S/C44H32N4/c1-3-12-39-29(2)19-20-34-23-33(21-22-40(34)39)36-24-37(41-27-32-17-10-11-18-35(32)28-45-41)26-38(25-36)44-47-42(30-13-6-4-7-14-30)46-43(48-44)31-15-8-5-9-16-31/h3-28H,1-2H3/b12-3-. The predicted octanol–water partition coefficient (Wildman–Crippen LogP) is 11.2. The number of hydrogen-bond donors (Lipinski definition) is 0. The summed E-state index contributed by atoms with van der Waals surface area (Å²) in [5.74, 6) is 1.87. The van der Waals surface area contributed by atoms with Crippen LogP contribution in [0.25, 0.3) is 84.2 Å². The van der Waals surface area contributed by atoms with E-state index < -0.39 is 0 Å². The summed E-state index contributed by atoms with van der Waals surface area (Å²) in [6, 6.07) is 48.3. The average Bonchev–Trinajstić information content (AvgIpc) is 3.16. The average molecular weight is 617 g/mol. The fraction of sp³-hybridized carbons (Fsp3) is 0.0455. The van der Waals surface area contributed by atoms with Gasteiger partial charge in [0.2, 0.25) is 0 Å².